The summed E-state index contributed by atoms with van der Waals surface area (Å²) >= 11 is 18.0. The number of ether oxygens (including phenoxy) is 1. The van der Waals surface area contributed by atoms with E-state index >= 15 is 0 Å². The number of rotatable bonds is 3. The zero-order chi connectivity index (χ0) is 15.9. The van der Waals surface area contributed by atoms with E-state index in [1.807, 2.05) is 31.3 Å². The minimum atomic E-state index is 0.316. The molecule has 0 saturated carbocycles. The van der Waals surface area contributed by atoms with E-state index in [0.29, 0.717) is 32.3 Å². The minimum absolute atomic E-state index is 0.316. The summed E-state index contributed by atoms with van der Waals surface area (Å²) in [5, 5.41) is 1.79. The highest BCUT2D eigenvalue weighted by Crippen LogP contribution is 2.39. The van der Waals surface area contributed by atoms with Crippen LogP contribution in [0.2, 0.25) is 15.1 Å². The Balaban J connectivity index is 2.17. The van der Waals surface area contributed by atoms with Gasteiger partial charge in [0.2, 0.25) is 5.88 Å². The average Bonchev–Trinajstić information content (AvgIpc) is 2.77. The molecule has 2 aromatic carbocycles. The summed E-state index contributed by atoms with van der Waals surface area (Å²) < 4.78 is 7.63. The Hall–Kier alpha value is -1.68. The van der Waals surface area contributed by atoms with Gasteiger partial charge < -0.3 is 9.30 Å². The zero-order valence-corrected chi connectivity index (χ0v) is 13.7. The molecule has 0 atom stereocenters. The second kappa shape index (κ2) is 5.84. The number of hydrogen-bond donors (Lipinski definition) is 0. The van der Waals surface area contributed by atoms with Gasteiger partial charge >= 0.3 is 0 Å². The lowest BCUT2D eigenvalue weighted by molar-refractivity contribution is 0.112. The van der Waals surface area contributed by atoms with Gasteiger partial charge in [0.15, 0.2) is 6.29 Å². The molecule has 3 aromatic rings. The van der Waals surface area contributed by atoms with Gasteiger partial charge in [-0.1, -0.05) is 53.0 Å². The lowest BCUT2D eigenvalue weighted by Gasteiger charge is -2.10. The Kier molecular flexibility index (Phi) is 4.04. The number of carbonyl (C=O) groups excluding carboxylic acids is 1. The fraction of sp³-hybridized carbons (Fsp3) is 0.0625. The molecule has 0 bridgehead atoms. The van der Waals surface area contributed by atoms with Crippen LogP contribution in [0.4, 0.5) is 0 Å². The minimum Gasteiger partial charge on any atom is -0.438 e. The molecule has 0 N–H and O–H groups in total. The van der Waals surface area contributed by atoms with Crippen molar-refractivity contribution in [3.63, 3.8) is 0 Å². The summed E-state index contributed by atoms with van der Waals surface area (Å²) in [6.45, 7) is 0. The van der Waals surface area contributed by atoms with Gasteiger partial charge in [-0.15, -0.1) is 0 Å². The summed E-state index contributed by atoms with van der Waals surface area (Å²) in [5.41, 5.74) is 1.34. The standard InChI is InChI=1S/C16H10Cl3NO2/c1-20-14-5-3-2-4-9(14)10(8-21)16(20)22-15-7-12(18)11(17)6-13(15)19/h2-8H,1H3. The van der Waals surface area contributed by atoms with Gasteiger partial charge in [-0.25, -0.2) is 0 Å². The van der Waals surface area contributed by atoms with Crippen molar-refractivity contribution in [1.82, 2.24) is 4.57 Å². The fourth-order valence-corrected chi connectivity index (χ4v) is 2.90. The maximum Gasteiger partial charge on any atom is 0.211 e. The van der Waals surface area contributed by atoms with Crippen LogP contribution in [0.1, 0.15) is 10.4 Å². The highest BCUT2D eigenvalue weighted by molar-refractivity contribution is 6.43. The van der Waals surface area contributed by atoms with E-state index < -0.39 is 0 Å². The predicted molar refractivity (Wildman–Crippen MR) is 89.9 cm³/mol. The molecule has 3 nitrogen and oxygen atoms in total. The lowest BCUT2D eigenvalue weighted by Crippen LogP contribution is -1.96. The molecule has 0 amide bonds. The molecular weight excluding hydrogens is 345 g/mol. The van der Waals surface area contributed by atoms with Crippen LogP contribution < -0.4 is 4.74 Å². The Morgan fingerprint density at radius 1 is 1.05 bits per heavy atom. The maximum atomic E-state index is 11.5. The number of aryl methyl sites for hydroxylation is 1. The van der Waals surface area contributed by atoms with Crippen molar-refractivity contribution >= 4 is 52.0 Å². The van der Waals surface area contributed by atoms with Gasteiger partial charge in [-0.2, -0.15) is 0 Å². The summed E-state index contributed by atoms with van der Waals surface area (Å²) in [5.74, 6) is 0.738. The van der Waals surface area contributed by atoms with Crippen molar-refractivity contribution < 1.29 is 9.53 Å². The first-order valence-corrected chi connectivity index (χ1v) is 7.51. The smallest absolute Gasteiger partial charge is 0.211 e. The molecule has 0 unspecified atom stereocenters. The first-order valence-electron chi connectivity index (χ1n) is 6.38. The topological polar surface area (TPSA) is 31.2 Å². The molecule has 0 spiro atoms. The maximum absolute atomic E-state index is 11.5. The lowest BCUT2D eigenvalue weighted by atomic mass is 10.2. The Morgan fingerprint density at radius 3 is 2.45 bits per heavy atom. The van der Waals surface area contributed by atoms with Crippen LogP contribution in [-0.2, 0) is 7.05 Å². The molecule has 0 radical (unpaired) electrons. The van der Waals surface area contributed by atoms with Crippen LogP contribution in [0.5, 0.6) is 11.6 Å². The van der Waals surface area contributed by atoms with E-state index in [2.05, 4.69) is 0 Å². The number of carbonyl (C=O) groups is 1. The zero-order valence-electron chi connectivity index (χ0n) is 11.4. The monoisotopic (exact) mass is 353 g/mol. The number of aldehydes is 1. The third kappa shape index (κ3) is 2.45. The van der Waals surface area contributed by atoms with Crippen LogP contribution in [0, 0.1) is 0 Å². The number of fused-ring (bicyclic) bond motifs is 1. The molecule has 0 fully saturated rings. The second-order valence-electron chi connectivity index (χ2n) is 4.71. The quantitative estimate of drug-likeness (QED) is 0.443. The first kappa shape index (κ1) is 15.2. The van der Waals surface area contributed by atoms with Crippen molar-refractivity contribution in [3.05, 3.63) is 57.0 Å². The fourth-order valence-electron chi connectivity index (χ4n) is 2.32. The number of nitrogens with zero attached hydrogens (tertiary/aromatic N) is 1. The van der Waals surface area contributed by atoms with Crippen LogP contribution in [0.15, 0.2) is 36.4 Å². The Bertz CT molecular complexity index is 887. The highest BCUT2D eigenvalue weighted by Gasteiger charge is 2.18. The molecule has 0 aliphatic heterocycles. The van der Waals surface area contributed by atoms with Crippen molar-refractivity contribution in [2.75, 3.05) is 0 Å². The average molecular weight is 355 g/mol. The summed E-state index contributed by atoms with van der Waals surface area (Å²) in [4.78, 5) is 11.5. The summed E-state index contributed by atoms with van der Waals surface area (Å²) in [6, 6.07) is 10.6. The van der Waals surface area contributed by atoms with Gasteiger partial charge in [0.05, 0.1) is 26.1 Å². The second-order valence-corrected chi connectivity index (χ2v) is 5.93. The number of halogens is 3. The van der Waals surface area contributed by atoms with E-state index in [0.717, 1.165) is 17.2 Å². The number of aromatic nitrogens is 1. The van der Waals surface area contributed by atoms with Crippen LogP contribution >= 0.6 is 34.8 Å². The van der Waals surface area contributed by atoms with E-state index in [-0.39, 0.29) is 0 Å². The third-order valence-corrected chi connectivity index (χ3v) is 4.41. The molecule has 3 rings (SSSR count). The van der Waals surface area contributed by atoms with Crippen molar-refractivity contribution in [3.8, 4) is 11.6 Å². The van der Waals surface area contributed by atoms with Crippen molar-refractivity contribution in [1.29, 1.82) is 0 Å². The molecular formula is C16H10Cl3NO2. The molecule has 112 valence electrons. The van der Waals surface area contributed by atoms with Crippen LogP contribution in [-0.4, -0.2) is 10.9 Å². The van der Waals surface area contributed by atoms with Gasteiger partial charge in [0.1, 0.15) is 5.75 Å². The van der Waals surface area contributed by atoms with Crippen molar-refractivity contribution in [2.24, 2.45) is 7.05 Å². The van der Waals surface area contributed by atoms with E-state index in [9.17, 15) is 4.79 Å². The molecule has 0 aliphatic carbocycles. The van der Waals surface area contributed by atoms with Gasteiger partial charge in [-0.3, -0.25) is 4.79 Å². The largest absolute Gasteiger partial charge is 0.438 e. The van der Waals surface area contributed by atoms with Crippen molar-refractivity contribution in [2.45, 2.75) is 0 Å². The van der Waals surface area contributed by atoms with E-state index in [1.54, 1.807) is 4.57 Å². The van der Waals surface area contributed by atoms with Crippen LogP contribution in [0.3, 0.4) is 0 Å². The normalized spacial score (nSPS) is 10.9. The highest BCUT2D eigenvalue weighted by atomic mass is 35.5. The molecule has 0 saturated heterocycles. The Morgan fingerprint density at radius 2 is 1.73 bits per heavy atom. The van der Waals surface area contributed by atoms with Gasteiger partial charge in [0.25, 0.3) is 0 Å². The summed E-state index contributed by atoms with van der Waals surface area (Å²) in [6.07, 6.45) is 0.767. The number of benzene rings is 2. The number of para-hydroxylation sites is 1. The van der Waals surface area contributed by atoms with E-state index in [4.69, 9.17) is 39.5 Å². The molecule has 0 aliphatic rings. The van der Waals surface area contributed by atoms with Gasteiger partial charge in [0, 0.05) is 18.5 Å². The third-order valence-electron chi connectivity index (χ3n) is 3.39. The van der Waals surface area contributed by atoms with Crippen LogP contribution in [0.25, 0.3) is 10.9 Å². The summed E-state index contributed by atoms with van der Waals surface area (Å²) in [7, 11) is 1.82. The van der Waals surface area contributed by atoms with E-state index in [1.165, 1.54) is 12.1 Å². The Labute approximate surface area is 142 Å². The SMILES string of the molecule is Cn1c(Oc2cc(Cl)c(Cl)cc2Cl)c(C=O)c2ccccc21. The van der Waals surface area contributed by atoms with Gasteiger partial charge in [-0.05, 0) is 12.1 Å². The molecule has 6 heteroatoms. The molecule has 1 aromatic heterocycles. The molecule has 22 heavy (non-hydrogen) atoms. The number of hydrogen-bond acceptors (Lipinski definition) is 2. The molecule has 1 heterocycles. The first-order chi connectivity index (χ1) is 10.5. The predicted octanol–water partition coefficient (Wildman–Crippen LogP) is 5.74.